The van der Waals surface area contributed by atoms with Crippen LogP contribution in [0.2, 0.25) is 5.02 Å². The first-order chi connectivity index (χ1) is 10.7. The summed E-state index contributed by atoms with van der Waals surface area (Å²) >= 11 is 5.85. The van der Waals surface area contributed by atoms with Gasteiger partial charge in [0, 0.05) is 23.5 Å². The molecule has 0 saturated heterocycles. The SMILES string of the molecule is N#Cc1nc(NCc2cc(=O)[nH]c3ccccc23)ccc1Cl. The van der Waals surface area contributed by atoms with Crippen LogP contribution < -0.4 is 10.9 Å². The number of hydrogen-bond acceptors (Lipinski definition) is 4. The van der Waals surface area contributed by atoms with Gasteiger partial charge < -0.3 is 10.3 Å². The summed E-state index contributed by atoms with van der Waals surface area (Å²) < 4.78 is 0. The van der Waals surface area contributed by atoms with E-state index >= 15 is 0 Å². The van der Waals surface area contributed by atoms with E-state index in [1.165, 1.54) is 0 Å². The molecule has 0 atom stereocenters. The summed E-state index contributed by atoms with van der Waals surface area (Å²) in [6, 6.07) is 14.4. The van der Waals surface area contributed by atoms with Crippen molar-refractivity contribution in [1.82, 2.24) is 9.97 Å². The maximum Gasteiger partial charge on any atom is 0.248 e. The highest BCUT2D eigenvalue weighted by Crippen LogP contribution is 2.18. The lowest BCUT2D eigenvalue weighted by atomic mass is 10.1. The van der Waals surface area contributed by atoms with Crippen LogP contribution in [0.15, 0.2) is 47.3 Å². The number of hydrogen-bond donors (Lipinski definition) is 2. The summed E-state index contributed by atoms with van der Waals surface area (Å²) in [6.45, 7) is 0.421. The second-order valence-corrected chi connectivity index (χ2v) is 5.10. The Kier molecular flexibility index (Phi) is 3.77. The van der Waals surface area contributed by atoms with E-state index in [0.29, 0.717) is 17.4 Å². The minimum Gasteiger partial charge on any atom is -0.366 e. The number of aromatic nitrogens is 2. The zero-order chi connectivity index (χ0) is 15.5. The normalized spacial score (nSPS) is 10.4. The summed E-state index contributed by atoms with van der Waals surface area (Å²) in [5, 5.41) is 13.3. The molecule has 0 fully saturated rings. The van der Waals surface area contributed by atoms with Gasteiger partial charge in [-0.2, -0.15) is 5.26 Å². The van der Waals surface area contributed by atoms with Crippen molar-refractivity contribution >= 4 is 28.3 Å². The summed E-state index contributed by atoms with van der Waals surface area (Å²) in [6.07, 6.45) is 0. The van der Waals surface area contributed by atoms with Gasteiger partial charge in [0.25, 0.3) is 0 Å². The Morgan fingerprint density at radius 2 is 2.09 bits per heavy atom. The molecule has 0 bridgehead atoms. The number of nitriles is 1. The van der Waals surface area contributed by atoms with Gasteiger partial charge in [0.05, 0.1) is 5.02 Å². The Hall–Kier alpha value is -2.84. The van der Waals surface area contributed by atoms with Crippen molar-refractivity contribution in [2.45, 2.75) is 6.54 Å². The van der Waals surface area contributed by atoms with E-state index in [2.05, 4.69) is 15.3 Å². The molecule has 0 aliphatic rings. The number of aromatic amines is 1. The highest BCUT2D eigenvalue weighted by Gasteiger charge is 2.05. The zero-order valence-electron chi connectivity index (χ0n) is 11.4. The van der Waals surface area contributed by atoms with Crippen molar-refractivity contribution in [3.8, 4) is 6.07 Å². The molecule has 1 aromatic carbocycles. The molecule has 0 radical (unpaired) electrons. The van der Waals surface area contributed by atoms with Crippen molar-refractivity contribution in [2.24, 2.45) is 0 Å². The minimum atomic E-state index is -0.155. The molecule has 3 rings (SSSR count). The molecule has 0 saturated carbocycles. The van der Waals surface area contributed by atoms with Gasteiger partial charge in [-0.05, 0) is 23.8 Å². The molecule has 5 nitrogen and oxygen atoms in total. The van der Waals surface area contributed by atoms with E-state index in [0.717, 1.165) is 16.5 Å². The predicted molar refractivity (Wildman–Crippen MR) is 85.9 cm³/mol. The summed E-state index contributed by atoms with van der Waals surface area (Å²) in [5.41, 5.74) is 1.66. The van der Waals surface area contributed by atoms with E-state index < -0.39 is 0 Å². The van der Waals surface area contributed by atoms with E-state index in [4.69, 9.17) is 16.9 Å². The maximum absolute atomic E-state index is 11.7. The Morgan fingerprint density at radius 3 is 2.91 bits per heavy atom. The summed E-state index contributed by atoms with van der Waals surface area (Å²) in [4.78, 5) is 18.6. The first-order valence-corrected chi connectivity index (χ1v) is 6.96. The molecule has 0 unspecified atom stereocenters. The molecule has 6 heteroatoms. The number of pyridine rings is 2. The van der Waals surface area contributed by atoms with E-state index in [9.17, 15) is 4.79 Å². The van der Waals surface area contributed by atoms with Crippen LogP contribution in [-0.2, 0) is 6.54 Å². The van der Waals surface area contributed by atoms with Crippen LogP contribution in [0, 0.1) is 11.3 Å². The first-order valence-electron chi connectivity index (χ1n) is 6.59. The van der Waals surface area contributed by atoms with Crippen LogP contribution in [0.25, 0.3) is 10.9 Å². The Labute approximate surface area is 131 Å². The van der Waals surface area contributed by atoms with E-state index in [1.807, 2.05) is 30.3 Å². The van der Waals surface area contributed by atoms with Gasteiger partial charge in [0.15, 0.2) is 5.69 Å². The molecule has 2 N–H and O–H groups in total. The minimum absolute atomic E-state index is 0.155. The molecule has 108 valence electrons. The molecular weight excluding hydrogens is 300 g/mol. The second kappa shape index (κ2) is 5.88. The molecule has 0 aliphatic heterocycles. The monoisotopic (exact) mass is 310 g/mol. The van der Waals surface area contributed by atoms with Crippen molar-refractivity contribution < 1.29 is 0 Å². The number of para-hydroxylation sites is 1. The zero-order valence-corrected chi connectivity index (χ0v) is 12.2. The Bertz CT molecular complexity index is 943. The fourth-order valence-electron chi connectivity index (χ4n) is 2.23. The Morgan fingerprint density at radius 1 is 1.27 bits per heavy atom. The molecule has 22 heavy (non-hydrogen) atoms. The second-order valence-electron chi connectivity index (χ2n) is 4.70. The lowest BCUT2D eigenvalue weighted by molar-refractivity contribution is 1.10. The van der Waals surface area contributed by atoms with Gasteiger partial charge in [0.1, 0.15) is 11.9 Å². The highest BCUT2D eigenvalue weighted by molar-refractivity contribution is 6.31. The Balaban J connectivity index is 1.91. The summed E-state index contributed by atoms with van der Waals surface area (Å²) in [5.74, 6) is 0.533. The van der Waals surface area contributed by atoms with Gasteiger partial charge in [-0.25, -0.2) is 4.98 Å². The number of fused-ring (bicyclic) bond motifs is 1. The quantitative estimate of drug-likeness (QED) is 0.779. The van der Waals surface area contributed by atoms with E-state index in [1.54, 1.807) is 18.2 Å². The van der Waals surface area contributed by atoms with Gasteiger partial charge in [-0.1, -0.05) is 29.8 Å². The van der Waals surface area contributed by atoms with Crippen LogP contribution in [0.5, 0.6) is 0 Å². The molecule has 0 aliphatic carbocycles. The molecule has 0 spiro atoms. The number of nitrogens with zero attached hydrogens (tertiary/aromatic N) is 2. The van der Waals surface area contributed by atoms with Crippen LogP contribution in [-0.4, -0.2) is 9.97 Å². The largest absolute Gasteiger partial charge is 0.366 e. The third kappa shape index (κ3) is 2.78. The fourth-order valence-corrected chi connectivity index (χ4v) is 2.38. The number of halogens is 1. The molecule has 3 aromatic rings. The average molecular weight is 311 g/mol. The van der Waals surface area contributed by atoms with Crippen LogP contribution >= 0.6 is 11.6 Å². The number of H-pyrrole nitrogens is 1. The molecule has 0 amide bonds. The fraction of sp³-hybridized carbons (Fsp3) is 0.0625. The van der Waals surface area contributed by atoms with Crippen LogP contribution in [0.4, 0.5) is 5.82 Å². The standard InChI is InChI=1S/C16H11ClN4O/c17-12-5-6-15(20-14(12)8-18)19-9-10-7-16(22)21-13-4-2-1-3-11(10)13/h1-7H,9H2,(H,19,20)(H,21,22). The topological polar surface area (TPSA) is 81.6 Å². The smallest absolute Gasteiger partial charge is 0.248 e. The average Bonchev–Trinajstić information content (AvgIpc) is 2.53. The van der Waals surface area contributed by atoms with Gasteiger partial charge in [-0.3, -0.25) is 4.79 Å². The van der Waals surface area contributed by atoms with E-state index in [-0.39, 0.29) is 11.3 Å². The number of anilines is 1. The van der Waals surface area contributed by atoms with Crippen molar-refractivity contribution in [3.05, 3.63) is 69.1 Å². The van der Waals surface area contributed by atoms with Gasteiger partial charge in [-0.15, -0.1) is 0 Å². The number of benzene rings is 1. The predicted octanol–water partition coefficient (Wildman–Crippen LogP) is 3.06. The van der Waals surface area contributed by atoms with Crippen molar-refractivity contribution in [2.75, 3.05) is 5.32 Å². The van der Waals surface area contributed by atoms with Crippen molar-refractivity contribution in [1.29, 1.82) is 5.26 Å². The number of rotatable bonds is 3. The third-order valence-electron chi connectivity index (χ3n) is 3.25. The molecular formula is C16H11ClN4O. The first kappa shape index (κ1) is 14.1. The maximum atomic E-state index is 11.7. The summed E-state index contributed by atoms with van der Waals surface area (Å²) in [7, 11) is 0. The third-order valence-corrected chi connectivity index (χ3v) is 3.55. The van der Waals surface area contributed by atoms with Gasteiger partial charge >= 0.3 is 0 Å². The highest BCUT2D eigenvalue weighted by atomic mass is 35.5. The van der Waals surface area contributed by atoms with Gasteiger partial charge in [0.2, 0.25) is 5.56 Å². The lowest BCUT2D eigenvalue weighted by Crippen LogP contribution is -2.10. The lowest BCUT2D eigenvalue weighted by Gasteiger charge is -2.09. The molecule has 2 aromatic heterocycles. The van der Waals surface area contributed by atoms with Crippen LogP contribution in [0.3, 0.4) is 0 Å². The molecule has 2 heterocycles. The van der Waals surface area contributed by atoms with Crippen LogP contribution in [0.1, 0.15) is 11.3 Å². The van der Waals surface area contributed by atoms with Crippen molar-refractivity contribution in [3.63, 3.8) is 0 Å². The number of nitrogens with one attached hydrogen (secondary N) is 2.